The van der Waals surface area contributed by atoms with Crippen molar-refractivity contribution < 1.29 is 18.3 Å². The molecule has 4 aromatic rings. The van der Waals surface area contributed by atoms with Gasteiger partial charge in [-0.2, -0.15) is 0 Å². The van der Waals surface area contributed by atoms with Gasteiger partial charge in [0.05, 0.1) is 21.2 Å². The van der Waals surface area contributed by atoms with Gasteiger partial charge in [-0.15, -0.1) is 5.10 Å². The summed E-state index contributed by atoms with van der Waals surface area (Å²) >= 11 is 12.1. The molecule has 0 aliphatic carbocycles. The molecule has 4 rings (SSSR count). The number of aromatic nitrogens is 3. The van der Waals surface area contributed by atoms with E-state index >= 15 is 0 Å². The van der Waals surface area contributed by atoms with E-state index in [1.165, 1.54) is 35.0 Å². The minimum Gasteiger partial charge on any atom is -0.478 e. The van der Waals surface area contributed by atoms with Crippen LogP contribution in [0.2, 0.25) is 10.0 Å². The van der Waals surface area contributed by atoms with Gasteiger partial charge in [-0.3, -0.25) is 0 Å². The molecule has 7 nitrogen and oxygen atoms in total. The molecule has 0 aliphatic rings. The molecule has 0 amide bonds. The highest BCUT2D eigenvalue weighted by Gasteiger charge is 2.30. The molecule has 0 saturated heterocycles. The molecule has 3 aromatic carbocycles. The molecule has 0 radical (unpaired) electrons. The molecule has 156 valence electrons. The molecule has 1 heterocycles. The number of rotatable bonds is 5. The van der Waals surface area contributed by atoms with Gasteiger partial charge in [-0.1, -0.05) is 64.8 Å². The number of nitrogens with zero attached hydrogens (tertiary/aromatic N) is 3. The number of benzene rings is 3. The van der Waals surface area contributed by atoms with Crippen molar-refractivity contribution in [1.29, 1.82) is 0 Å². The average Bonchev–Trinajstić information content (AvgIpc) is 3.20. The molecule has 0 bridgehead atoms. The van der Waals surface area contributed by atoms with Gasteiger partial charge in [0.25, 0.3) is 0 Å². The third-order valence-electron chi connectivity index (χ3n) is 4.46. The average molecular weight is 474 g/mol. The highest BCUT2D eigenvalue weighted by molar-refractivity contribution is 7.91. The maximum atomic E-state index is 13.4. The maximum absolute atomic E-state index is 13.4. The van der Waals surface area contributed by atoms with Crippen molar-refractivity contribution >= 4 is 39.0 Å². The lowest BCUT2D eigenvalue weighted by molar-refractivity contribution is 0.0697. The van der Waals surface area contributed by atoms with E-state index in [4.69, 9.17) is 23.2 Å². The molecule has 1 N–H and O–H groups in total. The van der Waals surface area contributed by atoms with Crippen LogP contribution < -0.4 is 0 Å². The Balaban J connectivity index is 1.99. The maximum Gasteiger partial charge on any atom is 0.335 e. The summed E-state index contributed by atoms with van der Waals surface area (Å²) in [6, 6.07) is 18.7. The lowest BCUT2D eigenvalue weighted by Crippen LogP contribution is -2.07. The Labute approximate surface area is 187 Å². The van der Waals surface area contributed by atoms with Crippen LogP contribution in [0.1, 0.15) is 10.4 Å². The van der Waals surface area contributed by atoms with E-state index < -0.39 is 15.8 Å². The van der Waals surface area contributed by atoms with Crippen LogP contribution in [0.4, 0.5) is 0 Å². The number of sulfone groups is 1. The zero-order valence-corrected chi connectivity index (χ0v) is 17.9. The minimum absolute atomic E-state index is 0.0252. The van der Waals surface area contributed by atoms with Gasteiger partial charge in [0.2, 0.25) is 14.9 Å². The smallest absolute Gasteiger partial charge is 0.335 e. The number of halogens is 2. The van der Waals surface area contributed by atoms with Gasteiger partial charge in [0.1, 0.15) is 5.69 Å². The summed E-state index contributed by atoms with van der Waals surface area (Å²) in [5.74, 6) is -1.12. The van der Waals surface area contributed by atoms with Crippen LogP contribution in [0.5, 0.6) is 0 Å². The number of carboxylic acid groups (broad SMARTS) is 1. The Morgan fingerprint density at radius 1 is 0.935 bits per heavy atom. The SMILES string of the molecule is O=C(O)c1cccc(-n2nnc(S(=O)(=O)c3ccc(Cl)cc3Cl)c2-c2ccccc2)c1. The Morgan fingerprint density at radius 2 is 1.68 bits per heavy atom. The van der Waals surface area contributed by atoms with Crippen molar-refractivity contribution in [3.05, 3.63) is 88.4 Å². The predicted octanol–water partition coefficient (Wildman–Crippen LogP) is 4.77. The van der Waals surface area contributed by atoms with Gasteiger partial charge in [0.15, 0.2) is 0 Å². The van der Waals surface area contributed by atoms with E-state index in [0.29, 0.717) is 16.3 Å². The topological polar surface area (TPSA) is 102 Å². The lowest BCUT2D eigenvalue weighted by Gasteiger charge is -2.10. The molecule has 0 fully saturated rings. The van der Waals surface area contributed by atoms with Crippen molar-refractivity contribution in [2.45, 2.75) is 9.92 Å². The van der Waals surface area contributed by atoms with Crippen LogP contribution in [-0.4, -0.2) is 34.5 Å². The standard InChI is InChI=1S/C21H13Cl2N3O4S/c22-15-9-10-18(17(23)12-15)31(29,30)20-19(13-5-2-1-3-6-13)26(25-24-20)16-8-4-7-14(11-16)21(27)28/h1-12H,(H,27,28). The Bertz CT molecular complexity index is 1400. The first-order valence-electron chi connectivity index (χ1n) is 8.84. The van der Waals surface area contributed by atoms with Crippen molar-refractivity contribution in [1.82, 2.24) is 15.0 Å². The number of hydrogen-bond donors (Lipinski definition) is 1. The van der Waals surface area contributed by atoms with E-state index in [2.05, 4.69) is 10.3 Å². The van der Waals surface area contributed by atoms with E-state index in [-0.39, 0.29) is 26.2 Å². The van der Waals surface area contributed by atoms with Crippen LogP contribution in [0.15, 0.2) is 82.7 Å². The second-order valence-corrected chi connectivity index (χ2v) is 9.13. The van der Waals surface area contributed by atoms with Crippen LogP contribution in [0.25, 0.3) is 16.9 Å². The Kier molecular flexibility index (Phi) is 5.53. The van der Waals surface area contributed by atoms with Gasteiger partial charge in [0, 0.05) is 10.6 Å². The largest absolute Gasteiger partial charge is 0.478 e. The highest BCUT2D eigenvalue weighted by Crippen LogP contribution is 2.35. The monoisotopic (exact) mass is 473 g/mol. The first-order chi connectivity index (χ1) is 14.8. The summed E-state index contributed by atoms with van der Waals surface area (Å²) < 4.78 is 28.2. The molecule has 0 atom stereocenters. The molecular formula is C21H13Cl2N3O4S. The zero-order chi connectivity index (χ0) is 22.2. The third kappa shape index (κ3) is 3.93. The van der Waals surface area contributed by atoms with Gasteiger partial charge in [-0.05, 0) is 36.4 Å². The third-order valence-corrected chi connectivity index (χ3v) is 6.84. The van der Waals surface area contributed by atoms with Crippen molar-refractivity contribution in [3.63, 3.8) is 0 Å². The fourth-order valence-electron chi connectivity index (χ4n) is 3.04. The first-order valence-corrected chi connectivity index (χ1v) is 11.1. The summed E-state index contributed by atoms with van der Waals surface area (Å²) in [6.07, 6.45) is 0. The van der Waals surface area contributed by atoms with Crippen molar-refractivity contribution in [2.75, 3.05) is 0 Å². The first kappa shape index (κ1) is 21.0. The zero-order valence-electron chi connectivity index (χ0n) is 15.6. The lowest BCUT2D eigenvalue weighted by atomic mass is 10.1. The quantitative estimate of drug-likeness (QED) is 0.447. The Hall–Kier alpha value is -3.20. The van der Waals surface area contributed by atoms with Gasteiger partial charge < -0.3 is 5.11 Å². The number of carboxylic acids is 1. The molecule has 31 heavy (non-hydrogen) atoms. The predicted molar refractivity (Wildman–Crippen MR) is 116 cm³/mol. The van der Waals surface area contributed by atoms with Crippen molar-refractivity contribution in [3.8, 4) is 16.9 Å². The van der Waals surface area contributed by atoms with Gasteiger partial charge >= 0.3 is 5.97 Å². The summed E-state index contributed by atoms with van der Waals surface area (Å²) in [5, 5.41) is 17.2. The number of aromatic carboxylic acids is 1. The van der Waals surface area contributed by atoms with Crippen LogP contribution in [0, 0.1) is 0 Å². The summed E-state index contributed by atoms with van der Waals surface area (Å²) in [5.41, 5.74) is 1.07. The molecule has 0 unspecified atom stereocenters. The van der Waals surface area contributed by atoms with Crippen LogP contribution in [-0.2, 0) is 9.84 Å². The highest BCUT2D eigenvalue weighted by atomic mass is 35.5. The molecule has 0 saturated carbocycles. The van der Waals surface area contributed by atoms with E-state index in [0.717, 1.165) is 0 Å². The Morgan fingerprint density at radius 3 is 2.35 bits per heavy atom. The molecule has 0 spiro atoms. The summed E-state index contributed by atoms with van der Waals surface area (Å²) in [4.78, 5) is 11.2. The fourth-order valence-corrected chi connectivity index (χ4v) is 5.13. The van der Waals surface area contributed by atoms with Crippen LogP contribution >= 0.6 is 23.2 Å². The second-order valence-electron chi connectivity index (χ2n) is 6.45. The second kappa shape index (κ2) is 8.14. The number of carbonyl (C=O) groups is 1. The molecule has 1 aromatic heterocycles. The summed E-state index contributed by atoms with van der Waals surface area (Å²) in [7, 11) is -4.18. The number of hydrogen-bond acceptors (Lipinski definition) is 5. The van der Waals surface area contributed by atoms with E-state index in [1.807, 2.05) is 0 Å². The van der Waals surface area contributed by atoms with Crippen molar-refractivity contribution in [2.24, 2.45) is 0 Å². The summed E-state index contributed by atoms with van der Waals surface area (Å²) in [6.45, 7) is 0. The van der Waals surface area contributed by atoms with E-state index in [1.54, 1.807) is 42.5 Å². The van der Waals surface area contributed by atoms with Gasteiger partial charge in [-0.25, -0.2) is 17.9 Å². The fraction of sp³-hybridized carbons (Fsp3) is 0. The minimum atomic E-state index is -4.18. The molecular weight excluding hydrogens is 461 g/mol. The molecule has 0 aliphatic heterocycles. The van der Waals surface area contributed by atoms with Crippen LogP contribution in [0.3, 0.4) is 0 Å². The molecule has 10 heteroatoms. The normalized spacial score (nSPS) is 11.4. The van der Waals surface area contributed by atoms with E-state index in [9.17, 15) is 18.3 Å².